The highest BCUT2D eigenvalue weighted by atomic mass is 35.5. The molecule has 640 valence electrons. The Morgan fingerprint density at radius 1 is 0.726 bits per heavy atom. The molecule has 5 saturated carbocycles. The monoisotopic (exact) mass is 1640 g/mol. The first-order valence-electron chi connectivity index (χ1n) is 42.7. The van der Waals surface area contributed by atoms with Gasteiger partial charge in [0.2, 0.25) is 29.3 Å². The highest BCUT2D eigenvalue weighted by molar-refractivity contribution is 6.38. The predicted molar refractivity (Wildman–Crippen MR) is 446 cm³/mol. The maximum absolute atomic E-state index is 14.7. The Kier molecular flexibility index (Phi) is 30.8. The average molecular weight is 1640 g/mol. The number of aromatic nitrogens is 3. The lowest BCUT2D eigenvalue weighted by Crippen LogP contribution is -2.60. The Morgan fingerprint density at radius 3 is 1.91 bits per heavy atom. The number of likely N-dealkylation sites (tertiary alicyclic amines) is 2. The molecule has 2 aromatic heterocycles. The maximum Gasteiger partial charge on any atom is 0.315 e. The molecule has 4 N–H and O–H groups in total. The first-order valence-corrected chi connectivity index (χ1v) is 43.1. The van der Waals surface area contributed by atoms with E-state index in [9.17, 15) is 71.8 Å². The summed E-state index contributed by atoms with van der Waals surface area (Å²) in [4.78, 5) is 184. The Morgan fingerprint density at radius 2 is 1.35 bits per heavy atom. The minimum absolute atomic E-state index is 0.00639. The lowest BCUT2D eigenvalue weighted by Gasteiger charge is -2.38. The third-order valence-electron chi connectivity index (χ3n) is 25.9. The van der Waals surface area contributed by atoms with E-state index in [0.717, 1.165) is 83.5 Å². The standard InChI is InChI=1S/C39H56N4O6.C29H47N3O5.C24H25ClFNO4/c1-5-10-26(35(47)33(46)19-24-15-16-24)20-32(45)34-28-14-9-13-27(28)23-43(34)38(49)36(39(2,3)4)42-37(48)29(25-11-7-6-8-12-25)21-31(44)30-22-40-17-18-41-30;1-16(33)23(35)18(13-17-11-10-12-17)14-20(34)22-21-19(29(21,8)9)15-32(22)25(36)24(27(2,3)4)30-26(37)31-28(5,6)7;1-13(2)21(12-28)27-11-18(14(3)29)24(30)17-9-16(22(31-4)10-20(17)27)8-15-6-5-7-19(25)23(15)26/h17-18,22,24-29,34,36H,5-16,19-21,23H2,1-4H3,(H,42,48);17-19,21-22,24H,10-15H2,1-9H3,(H2,30,31,37);5-7,9-11,13,21,28H,8,12H2,1-4H3/t26-,27+,28+,29+,34+,36-;18-,19?,21+,22-,24-;21-/m111/s1. The number of Topliss-reactive ketones (excluding diaryl/α,β-unsaturated/α-hetero) is 8. The predicted octanol–water partition coefficient (Wildman–Crippen LogP) is 14.4. The third kappa shape index (κ3) is 22.6. The SMILES string of the molecule is CC(=O)C(=O)[C@@H](CC(=O)[C@@H]1[C@@H]2C(CN1C(=O)[C@@H](NC(=O)NC(C)(C)C)C(C)(C)C)C2(C)C)CC1CCC1.CCC[C@H](CC(=O)[C@@H]1[C@H]2CCC[C@H]2CN1C(=O)[C@@H](NC(=O)[C@@H](CC(=O)c1cnccn1)C1CCCCC1)C(C)(C)C)C(=O)C(=O)CC1CC1.COc1cc2c(cc1Cc1cccc(Cl)c1F)c(=O)c(C(C)=O)cn2[C@H](CO)C(C)C. The summed E-state index contributed by atoms with van der Waals surface area (Å²) in [6.07, 6.45) is 20.6. The number of ether oxygens (including phenoxy) is 1. The second-order valence-electron chi connectivity index (χ2n) is 38.7. The number of aliphatic hydroxyl groups excluding tert-OH is 1. The topological polar surface area (TPSA) is 325 Å². The molecule has 25 heteroatoms. The van der Waals surface area contributed by atoms with Gasteiger partial charge in [-0.2, -0.15) is 0 Å². The molecule has 12 atom stereocenters. The zero-order valence-electron chi connectivity index (χ0n) is 72.1. The molecule has 2 aliphatic heterocycles. The first kappa shape index (κ1) is 92.6. The van der Waals surface area contributed by atoms with E-state index in [1.165, 1.54) is 51.8 Å². The van der Waals surface area contributed by atoms with Gasteiger partial charge in [0.25, 0.3) is 0 Å². The van der Waals surface area contributed by atoms with Crippen LogP contribution in [0.3, 0.4) is 0 Å². The zero-order chi connectivity index (χ0) is 86.2. The Bertz CT molecular complexity index is 4410. The number of nitrogens with zero attached hydrogens (tertiary/aromatic N) is 5. The van der Waals surface area contributed by atoms with Gasteiger partial charge < -0.3 is 40.2 Å². The van der Waals surface area contributed by atoms with Gasteiger partial charge in [-0.15, -0.1) is 0 Å². The Hall–Kier alpha value is -8.25. The number of rotatable bonds is 32. The highest BCUT2D eigenvalue weighted by Gasteiger charge is 2.70. The Labute approximate surface area is 694 Å². The molecule has 7 fully saturated rings. The van der Waals surface area contributed by atoms with Crippen LogP contribution in [0, 0.1) is 87.2 Å². The van der Waals surface area contributed by atoms with E-state index >= 15 is 0 Å². The van der Waals surface area contributed by atoms with E-state index in [4.69, 9.17) is 16.3 Å². The quantitative estimate of drug-likeness (QED) is 0.0261. The van der Waals surface area contributed by atoms with Gasteiger partial charge in [0, 0.05) is 105 Å². The molecule has 5 aliphatic carbocycles. The van der Waals surface area contributed by atoms with Gasteiger partial charge in [0.15, 0.2) is 40.1 Å². The molecule has 5 amide bonds. The van der Waals surface area contributed by atoms with E-state index in [1.807, 2.05) is 83.1 Å². The van der Waals surface area contributed by atoms with Crippen molar-refractivity contribution < 1.29 is 71.8 Å². The van der Waals surface area contributed by atoms with Crippen LogP contribution >= 0.6 is 11.6 Å². The van der Waals surface area contributed by atoms with Crippen LogP contribution in [0.15, 0.2) is 59.9 Å². The number of hydrogen-bond donors (Lipinski definition) is 4. The summed E-state index contributed by atoms with van der Waals surface area (Å²) in [6.45, 7) is 30.4. The number of hydrogen-bond acceptors (Lipinski definition) is 17. The van der Waals surface area contributed by atoms with Crippen molar-refractivity contribution in [3.8, 4) is 5.75 Å². The summed E-state index contributed by atoms with van der Waals surface area (Å²) < 4.78 is 21.8. The van der Waals surface area contributed by atoms with Crippen LogP contribution in [0.25, 0.3) is 10.9 Å². The molecule has 0 spiro atoms. The van der Waals surface area contributed by atoms with Crippen molar-refractivity contribution >= 4 is 92.5 Å². The molecule has 1 unspecified atom stereocenters. The normalized spacial score (nSPS) is 21.9. The molecule has 0 radical (unpaired) electrons. The number of amides is 5. The molecular formula is C92H128ClFN8O15. The number of pyridine rings is 1. The van der Waals surface area contributed by atoms with Crippen LogP contribution in [-0.2, 0) is 49.6 Å². The fourth-order valence-corrected chi connectivity index (χ4v) is 19.0. The number of fused-ring (bicyclic) bond motifs is 3. The van der Waals surface area contributed by atoms with Crippen LogP contribution in [0.1, 0.15) is 277 Å². The minimum atomic E-state index is -0.917. The largest absolute Gasteiger partial charge is 0.496 e. The number of carbonyl (C=O) groups is 12. The molecular weight excluding hydrogens is 1510 g/mol. The van der Waals surface area contributed by atoms with Crippen molar-refractivity contribution in [3.05, 3.63) is 98.6 Å². The number of aliphatic hydroxyl groups is 1. The maximum atomic E-state index is 14.7. The second-order valence-corrected chi connectivity index (χ2v) is 39.1. The number of methoxy groups -OCH3 is 1. The third-order valence-corrected chi connectivity index (χ3v) is 26.2. The van der Waals surface area contributed by atoms with E-state index < -0.39 is 92.9 Å². The smallest absolute Gasteiger partial charge is 0.315 e. The molecule has 2 saturated heterocycles. The van der Waals surface area contributed by atoms with Crippen molar-refractivity contribution in [1.29, 1.82) is 0 Å². The molecule has 0 bridgehead atoms. The summed E-state index contributed by atoms with van der Waals surface area (Å²) in [5.41, 5.74) is -0.459. The van der Waals surface area contributed by atoms with Crippen molar-refractivity contribution in [2.45, 2.75) is 281 Å². The summed E-state index contributed by atoms with van der Waals surface area (Å²) in [5.74, 6) is -4.40. The van der Waals surface area contributed by atoms with Gasteiger partial charge in [-0.05, 0) is 166 Å². The number of halogens is 2. The highest BCUT2D eigenvalue weighted by Crippen LogP contribution is 2.65. The number of nitrogens with one attached hydrogen (secondary N) is 3. The molecule has 4 heterocycles. The molecule has 117 heavy (non-hydrogen) atoms. The van der Waals surface area contributed by atoms with Gasteiger partial charge in [-0.3, -0.25) is 62.5 Å². The van der Waals surface area contributed by atoms with Crippen molar-refractivity contribution in [2.75, 3.05) is 26.8 Å². The van der Waals surface area contributed by atoms with Crippen LogP contribution in [0.4, 0.5) is 9.18 Å². The number of piperidine rings is 1. The summed E-state index contributed by atoms with van der Waals surface area (Å²) in [5, 5.41) is 19.1. The van der Waals surface area contributed by atoms with Crippen LogP contribution in [0.2, 0.25) is 5.02 Å². The van der Waals surface area contributed by atoms with Gasteiger partial charge >= 0.3 is 6.03 Å². The van der Waals surface area contributed by atoms with E-state index in [-0.39, 0.29) is 149 Å². The number of urea groups is 1. The fourth-order valence-electron chi connectivity index (χ4n) is 18.8. The van der Waals surface area contributed by atoms with Crippen molar-refractivity contribution in [2.24, 2.45) is 81.3 Å². The zero-order valence-corrected chi connectivity index (χ0v) is 72.8. The Balaban J connectivity index is 0.000000206. The summed E-state index contributed by atoms with van der Waals surface area (Å²) >= 11 is 5.91. The lowest BCUT2D eigenvalue weighted by molar-refractivity contribution is -0.146. The average Bonchev–Trinajstić information content (AvgIpc) is 1.52. The van der Waals surface area contributed by atoms with E-state index in [2.05, 4.69) is 39.8 Å². The number of benzene rings is 2. The molecule has 11 rings (SSSR count). The minimum Gasteiger partial charge on any atom is -0.496 e. The summed E-state index contributed by atoms with van der Waals surface area (Å²) in [7, 11) is 1.50. The second kappa shape index (κ2) is 38.9. The lowest BCUT2D eigenvalue weighted by atomic mass is 9.75. The van der Waals surface area contributed by atoms with Gasteiger partial charge in [0.05, 0.1) is 54.1 Å². The molecule has 23 nitrogen and oxygen atoms in total. The van der Waals surface area contributed by atoms with Gasteiger partial charge in [-0.25, -0.2) is 14.2 Å². The van der Waals surface area contributed by atoms with Gasteiger partial charge in [0.1, 0.15) is 29.3 Å². The van der Waals surface area contributed by atoms with E-state index in [1.54, 1.807) is 38.6 Å². The molecule has 2 aromatic carbocycles. The summed E-state index contributed by atoms with van der Waals surface area (Å²) in [6, 6.07) is 4.24. The number of ketones is 8. The van der Waals surface area contributed by atoms with E-state index in [0.29, 0.717) is 72.0 Å². The van der Waals surface area contributed by atoms with Crippen LogP contribution < -0.4 is 26.1 Å². The van der Waals surface area contributed by atoms with Crippen molar-refractivity contribution in [3.63, 3.8) is 0 Å². The van der Waals surface area contributed by atoms with Gasteiger partial charge in [-0.1, -0.05) is 151 Å². The first-order chi connectivity index (χ1) is 54.9. The number of carbonyl (C=O) groups excluding carboxylic acids is 12. The van der Waals surface area contributed by atoms with Crippen LogP contribution in [0.5, 0.6) is 5.75 Å². The molecule has 7 aliphatic rings. The van der Waals surface area contributed by atoms with Crippen LogP contribution in [-0.4, -0.2) is 156 Å². The van der Waals surface area contributed by atoms with Crippen molar-refractivity contribution in [1.82, 2.24) is 40.3 Å². The molecule has 4 aromatic rings. The fraction of sp³-hybridized carbons (Fsp3) is 0.663.